The average Bonchev–Trinajstić information content (AvgIpc) is 3.11. The highest BCUT2D eigenvalue weighted by Crippen LogP contribution is 2.35. The number of hydrogen-bond acceptors (Lipinski definition) is 5. The van der Waals surface area contributed by atoms with Crippen molar-refractivity contribution in [3.8, 4) is 5.75 Å². The monoisotopic (exact) mass is 361 g/mol. The normalized spacial score (nSPS) is 15.9. The van der Waals surface area contributed by atoms with E-state index < -0.39 is 6.04 Å². The minimum atomic E-state index is -0.451. The summed E-state index contributed by atoms with van der Waals surface area (Å²) in [6, 6.07) is 13.9. The van der Waals surface area contributed by atoms with Gasteiger partial charge in [-0.15, -0.1) is 0 Å². The van der Waals surface area contributed by atoms with Gasteiger partial charge < -0.3 is 15.7 Å². The Hall–Kier alpha value is -3.61. The van der Waals surface area contributed by atoms with Crippen LogP contribution in [0.5, 0.6) is 5.75 Å². The Morgan fingerprint density at radius 3 is 2.63 bits per heavy atom. The van der Waals surface area contributed by atoms with E-state index in [1.54, 1.807) is 28.9 Å². The Kier molecular flexibility index (Phi) is 4.12. The highest BCUT2D eigenvalue weighted by molar-refractivity contribution is 6.06. The lowest BCUT2D eigenvalue weighted by Gasteiger charge is -2.29. The van der Waals surface area contributed by atoms with Crippen molar-refractivity contribution in [1.29, 1.82) is 0 Å². The Balaban J connectivity index is 1.77. The van der Waals surface area contributed by atoms with E-state index >= 15 is 0 Å². The van der Waals surface area contributed by atoms with Crippen molar-refractivity contribution >= 4 is 17.5 Å². The molecule has 0 saturated heterocycles. The minimum absolute atomic E-state index is 0.165. The van der Waals surface area contributed by atoms with Crippen LogP contribution < -0.4 is 10.6 Å². The number of fused-ring (bicyclic) bond motifs is 1. The number of hydrogen-bond donors (Lipinski definition) is 3. The number of aryl methyl sites for hydroxylation is 1. The number of phenols is 1. The molecule has 0 aliphatic carbocycles. The van der Waals surface area contributed by atoms with Crippen LogP contribution in [-0.4, -0.2) is 25.8 Å². The molecule has 7 heteroatoms. The highest BCUT2D eigenvalue weighted by Gasteiger charge is 2.33. The molecule has 1 amide bonds. The van der Waals surface area contributed by atoms with Crippen molar-refractivity contribution in [2.24, 2.45) is 0 Å². The number of allylic oxidation sites excluding steroid dienone is 1. The lowest BCUT2D eigenvalue weighted by molar-refractivity contribution is -0.113. The summed E-state index contributed by atoms with van der Waals surface area (Å²) in [5.74, 6) is 0.518. The van der Waals surface area contributed by atoms with Crippen LogP contribution in [0.2, 0.25) is 0 Å². The van der Waals surface area contributed by atoms with Gasteiger partial charge in [0.1, 0.15) is 18.1 Å². The predicted octanol–water partition coefficient (Wildman–Crippen LogP) is 3.22. The molecule has 1 atom stereocenters. The molecule has 0 spiro atoms. The number of benzene rings is 2. The Morgan fingerprint density at radius 2 is 1.89 bits per heavy atom. The molecule has 7 nitrogen and oxygen atoms in total. The van der Waals surface area contributed by atoms with Gasteiger partial charge in [-0.2, -0.15) is 10.1 Å². The maximum absolute atomic E-state index is 13.2. The van der Waals surface area contributed by atoms with Crippen molar-refractivity contribution in [3.05, 3.63) is 77.3 Å². The van der Waals surface area contributed by atoms with Gasteiger partial charge in [-0.3, -0.25) is 4.79 Å². The Labute approximate surface area is 156 Å². The summed E-state index contributed by atoms with van der Waals surface area (Å²) in [7, 11) is 0. The van der Waals surface area contributed by atoms with Crippen molar-refractivity contribution in [2.75, 3.05) is 10.6 Å². The zero-order valence-electron chi connectivity index (χ0n) is 15.0. The van der Waals surface area contributed by atoms with Crippen LogP contribution in [0.25, 0.3) is 0 Å². The molecule has 0 radical (unpaired) electrons. The molecule has 136 valence electrons. The molecule has 27 heavy (non-hydrogen) atoms. The molecule has 0 fully saturated rings. The zero-order chi connectivity index (χ0) is 19.0. The van der Waals surface area contributed by atoms with E-state index in [-0.39, 0.29) is 11.7 Å². The van der Waals surface area contributed by atoms with Gasteiger partial charge in [0.05, 0.1) is 5.57 Å². The van der Waals surface area contributed by atoms with Crippen molar-refractivity contribution in [3.63, 3.8) is 0 Å². The van der Waals surface area contributed by atoms with Gasteiger partial charge in [-0.05, 0) is 43.2 Å². The molecule has 2 aromatic carbocycles. The molecule has 3 N–H and O–H groups in total. The fourth-order valence-corrected chi connectivity index (χ4v) is 3.25. The second-order valence-corrected chi connectivity index (χ2v) is 6.46. The zero-order valence-corrected chi connectivity index (χ0v) is 15.0. The standard InChI is InChI=1S/C20H19N5O2/c1-12-5-3-4-6-16(12)24-19(27)17-13(2)23-20-21-11-22-25(20)18(17)14-7-9-15(26)10-8-14/h3-11,18,26H,1-2H3,(H,24,27)(H,21,22,23)/t18-/m0/s1. The van der Waals surface area contributed by atoms with Crippen molar-refractivity contribution in [2.45, 2.75) is 19.9 Å². The molecule has 1 aliphatic heterocycles. The fourth-order valence-electron chi connectivity index (χ4n) is 3.25. The number of carbonyl (C=O) groups excluding carboxylic acids is 1. The van der Waals surface area contributed by atoms with Gasteiger partial charge in [-0.1, -0.05) is 30.3 Å². The first kappa shape index (κ1) is 16.8. The Bertz CT molecular complexity index is 1040. The molecule has 4 rings (SSSR count). The largest absolute Gasteiger partial charge is 0.508 e. The number of amides is 1. The maximum Gasteiger partial charge on any atom is 0.255 e. The lowest BCUT2D eigenvalue weighted by atomic mass is 9.95. The SMILES string of the molecule is CC1=C(C(=O)Nc2ccccc2C)[C@H](c2ccc(O)cc2)n2ncnc2N1. The van der Waals surface area contributed by atoms with E-state index in [0.29, 0.717) is 17.2 Å². The second kappa shape index (κ2) is 6.60. The summed E-state index contributed by atoms with van der Waals surface area (Å²) >= 11 is 0. The van der Waals surface area contributed by atoms with Crippen molar-refractivity contribution in [1.82, 2.24) is 14.8 Å². The molecular formula is C20H19N5O2. The molecule has 1 aliphatic rings. The topological polar surface area (TPSA) is 92.1 Å². The highest BCUT2D eigenvalue weighted by atomic mass is 16.3. The number of carbonyl (C=O) groups is 1. The van der Waals surface area contributed by atoms with Crippen LogP contribution in [-0.2, 0) is 4.79 Å². The van der Waals surface area contributed by atoms with Crippen molar-refractivity contribution < 1.29 is 9.90 Å². The summed E-state index contributed by atoms with van der Waals surface area (Å²) in [5, 5.41) is 20.1. The quantitative estimate of drug-likeness (QED) is 0.666. The number of nitrogens with zero attached hydrogens (tertiary/aromatic N) is 3. The summed E-state index contributed by atoms with van der Waals surface area (Å²) < 4.78 is 1.67. The number of aromatic nitrogens is 3. The third-order valence-electron chi connectivity index (χ3n) is 4.64. The first-order valence-electron chi connectivity index (χ1n) is 8.58. The van der Waals surface area contributed by atoms with Crippen LogP contribution in [0.1, 0.15) is 24.1 Å². The van der Waals surface area contributed by atoms with E-state index in [1.165, 1.54) is 6.33 Å². The first-order chi connectivity index (χ1) is 13.0. The number of anilines is 2. The number of nitrogens with one attached hydrogen (secondary N) is 2. The van der Waals surface area contributed by atoms with Gasteiger partial charge in [0.2, 0.25) is 5.95 Å². The molecule has 2 heterocycles. The lowest BCUT2D eigenvalue weighted by Crippen LogP contribution is -2.31. The van der Waals surface area contributed by atoms with E-state index in [1.807, 2.05) is 38.1 Å². The van der Waals surface area contributed by atoms with Gasteiger partial charge in [0.25, 0.3) is 5.91 Å². The maximum atomic E-state index is 13.2. The van der Waals surface area contributed by atoms with Crippen LogP contribution in [0.3, 0.4) is 0 Å². The van der Waals surface area contributed by atoms with E-state index in [2.05, 4.69) is 20.7 Å². The molecule has 1 aromatic heterocycles. The third-order valence-corrected chi connectivity index (χ3v) is 4.64. The molecule has 0 saturated carbocycles. The van der Waals surface area contributed by atoms with Crippen LogP contribution >= 0.6 is 0 Å². The minimum Gasteiger partial charge on any atom is -0.508 e. The molecule has 0 unspecified atom stereocenters. The van der Waals surface area contributed by atoms with Crippen LogP contribution in [0.4, 0.5) is 11.6 Å². The molecule has 3 aromatic rings. The summed E-state index contributed by atoms with van der Waals surface area (Å²) in [6.07, 6.45) is 1.45. The predicted molar refractivity (Wildman–Crippen MR) is 102 cm³/mol. The van der Waals surface area contributed by atoms with Gasteiger partial charge in [0, 0.05) is 11.4 Å². The second-order valence-electron chi connectivity index (χ2n) is 6.46. The average molecular weight is 361 g/mol. The first-order valence-corrected chi connectivity index (χ1v) is 8.58. The van der Waals surface area contributed by atoms with E-state index in [0.717, 1.165) is 16.8 Å². The Morgan fingerprint density at radius 1 is 1.15 bits per heavy atom. The van der Waals surface area contributed by atoms with Crippen LogP contribution in [0.15, 0.2) is 66.1 Å². The summed E-state index contributed by atoms with van der Waals surface area (Å²) in [6.45, 7) is 3.79. The van der Waals surface area contributed by atoms with Gasteiger partial charge in [0.15, 0.2) is 0 Å². The van der Waals surface area contributed by atoms with E-state index in [4.69, 9.17) is 0 Å². The van der Waals surface area contributed by atoms with Gasteiger partial charge in [-0.25, -0.2) is 4.68 Å². The fraction of sp³-hybridized carbons (Fsp3) is 0.150. The number of rotatable bonds is 3. The molecular weight excluding hydrogens is 342 g/mol. The summed E-state index contributed by atoms with van der Waals surface area (Å²) in [5.41, 5.74) is 3.82. The van der Waals surface area contributed by atoms with Gasteiger partial charge >= 0.3 is 0 Å². The number of para-hydroxylation sites is 1. The van der Waals surface area contributed by atoms with E-state index in [9.17, 15) is 9.90 Å². The summed E-state index contributed by atoms with van der Waals surface area (Å²) in [4.78, 5) is 17.4. The number of phenolic OH excluding ortho intramolecular Hbond substituents is 1. The van der Waals surface area contributed by atoms with Crippen LogP contribution in [0, 0.1) is 6.92 Å². The number of aromatic hydroxyl groups is 1. The smallest absolute Gasteiger partial charge is 0.255 e. The molecule has 0 bridgehead atoms. The third kappa shape index (κ3) is 3.03.